The number of benzene rings is 1. The minimum absolute atomic E-state index is 0.0676. The van der Waals surface area contributed by atoms with Crippen molar-refractivity contribution in [2.45, 2.75) is 45.8 Å². The van der Waals surface area contributed by atoms with Crippen molar-refractivity contribution in [3.8, 4) is 0 Å². The lowest BCUT2D eigenvalue weighted by atomic mass is 9.95. The molecule has 0 spiro atoms. The SMILES string of the molecule is CC(C)(C)OC(=O)N1C[C@@H]2C(C(=O)NC(C)(C)c3ncnc4c(F)cccc34)[C@@H]2C1. The lowest BCUT2D eigenvalue weighted by molar-refractivity contribution is -0.125. The number of aromatic nitrogens is 2. The van der Waals surface area contributed by atoms with Crippen LogP contribution in [-0.4, -0.2) is 45.6 Å². The minimum atomic E-state index is -0.798. The van der Waals surface area contributed by atoms with E-state index in [0.717, 1.165) is 0 Å². The van der Waals surface area contributed by atoms with Crippen LogP contribution in [0.3, 0.4) is 0 Å². The van der Waals surface area contributed by atoms with Crippen molar-refractivity contribution >= 4 is 22.9 Å². The first kappa shape index (κ1) is 20.5. The summed E-state index contributed by atoms with van der Waals surface area (Å²) < 4.78 is 19.5. The zero-order valence-electron chi connectivity index (χ0n) is 17.9. The number of nitrogens with one attached hydrogen (secondary N) is 1. The van der Waals surface area contributed by atoms with E-state index < -0.39 is 17.0 Å². The van der Waals surface area contributed by atoms with Crippen LogP contribution in [0.4, 0.5) is 9.18 Å². The molecule has 3 atom stereocenters. The van der Waals surface area contributed by atoms with Crippen molar-refractivity contribution in [3.63, 3.8) is 0 Å². The molecule has 1 aromatic heterocycles. The average molecular weight is 414 g/mol. The molecule has 1 aliphatic heterocycles. The van der Waals surface area contributed by atoms with Crippen LogP contribution in [0.2, 0.25) is 0 Å². The summed E-state index contributed by atoms with van der Waals surface area (Å²) in [4.78, 5) is 35.2. The van der Waals surface area contributed by atoms with Gasteiger partial charge in [-0.2, -0.15) is 0 Å². The molecule has 4 rings (SSSR count). The summed E-state index contributed by atoms with van der Waals surface area (Å²) in [6, 6.07) is 4.72. The highest BCUT2D eigenvalue weighted by Crippen LogP contribution is 2.52. The van der Waals surface area contributed by atoms with E-state index in [1.807, 2.05) is 34.6 Å². The smallest absolute Gasteiger partial charge is 0.410 e. The lowest BCUT2D eigenvalue weighted by Crippen LogP contribution is -2.44. The number of carbonyl (C=O) groups is 2. The Balaban J connectivity index is 1.43. The summed E-state index contributed by atoms with van der Waals surface area (Å²) in [5, 5.41) is 3.65. The van der Waals surface area contributed by atoms with Crippen molar-refractivity contribution < 1.29 is 18.7 Å². The number of rotatable bonds is 3. The Labute approximate surface area is 175 Å². The van der Waals surface area contributed by atoms with Gasteiger partial charge in [0.1, 0.15) is 23.3 Å². The van der Waals surface area contributed by atoms with Crippen LogP contribution in [0.5, 0.6) is 0 Å². The molecule has 0 radical (unpaired) electrons. The fourth-order valence-corrected chi connectivity index (χ4v) is 4.39. The van der Waals surface area contributed by atoms with E-state index in [-0.39, 0.29) is 35.3 Å². The zero-order valence-corrected chi connectivity index (χ0v) is 17.9. The number of halogens is 1. The van der Waals surface area contributed by atoms with Gasteiger partial charge >= 0.3 is 6.09 Å². The first-order valence-corrected chi connectivity index (χ1v) is 10.2. The highest BCUT2D eigenvalue weighted by atomic mass is 19.1. The number of hydrogen-bond acceptors (Lipinski definition) is 5. The molecule has 160 valence electrons. The maximum absolute atomic E-state index is 14.1. The summed E-state index contributed by atoms with van der Waals surface area (Å²) in [5.74, 6) is -0.326. The molecule has 2 amide bonds. The predicted octanol–water partition coefficient (Wildman–Crippen LogP) is 3.23. The number of fused-ring (bicyclic) bond motifs is 2. The van der Waals surface area contributed by atoms with Gasteiger partial charge in [-0.25, -0.2) is 19.2 Å². The molecule has 1 aliphatic carbocycles. The maximum atomic E-state index is 14.1. The summed E-state index contributed by atoms with van der Waals surface area (Å²) in [6.45, 7) is 10.3. The van der Waals surface area contributed by atoms with Crippen molar-refractivity contribution in [2.24, 2.45) is 17.8 Å². The van der Waals surface area contributed by atoms with Crippen LogP contribution >= 0.6 is 0 Å². The molecule has 0 bridgehead atoms. The number of para-hydroxylation sites is 1. The molecule has 2 aromatic rings. The van der Waals surface area contributed by atoms with Gasteiger partial charge in [0.2, 0.25) is 5.91 Å². The van der Waals surface area contributed by atoms with Gasteiger partial charge in [0.25, 0.3) is 0 Å². The molecule has 1 saturated carbocycles. The minimum Gasteiger partial charge on any atom is -0.444 e. The fraction of sp³-hybridized carbons (Fsp3) is 0.545. The van der Waals surface area contributed by atoms with E-state index in [9.17, 15) is 14.0 Å². The molecule has 1 N–H and O–H groups in total. The molecule has 1 unspecified atom stereocenters. The second-order valence-electron chi connectivity index (χ2n) is 9.71. The fourth-order valence-electron chi connectivity index (χ4n) is 4.39. The number of piperidine rings is 1. The third-order valence-corrected chi connectivity index (χ3v) is 5.79. The lowest BCUT2D eigenvalue weighted by Gasteiger charge is -2.28. The highest BCUT2D eigenvalue weighted by molar-refractivity contribution is 5.86. The summed E-state index contributed by atoms with van der Waals surface area (Å²) in [5.41, 5.74) is -0.527. The van der Waals surface area contributed by atoms with Crippen LogP contribution < -0.4 is 5.32 Å². The molecule has 7 nitrogen and oxygen atoms in total. The number of carbonyl (C=O) groups excluding carboxylic acids is 2. The Kier molecular flexibility index (Phi) is 4.71. The zero-order chi connectivity index (χ0) is 21.8. The van der Waals surface area contributed by atoms with Crippen LogP contribution in [0.1, 0.15) is 40.3 Å². The molecule has 8 heteroatoms. The second-order valence-corrected chi connectivity index (χ2v) is 9.71. The van der Waals surface area contributed by atoms with E-state index in [1.54, 1.807) is 17.0 Å². The van der Waals surface area contributed by atoms with E-state index in [4.69, 9.17) is 4.74 Å². The number of ether oxygens (including phenoxy) is 1. The predicted molar refractivity (Wildman–Crippen MR) is 109 cm³/mol. The Hall–Kier alpha value is -2.77. The maximum Gasteiger partial charge on any atom is 0.410 e. The molecule has 1 saturated heterocycles. The molecule has 2 aliphatic rings. The molecule has 1 aromatic carbocycles. The van der Waals surface area contributed by atoms with Gasteiger partial charge in [-0.1, -0.05) is 12.1 Å². The van der Waals surface area contributed by atoms with Crippen molar-refractivity contribution in [1.82, 2.24) is 20.2 Å². The van der Waals surface area contributed by atoms with Gasteiger partial charge in [-0.15, -0.1) is 0 Å². The van der Waals surface area contributed by atoms with Gasteiger partial charge in [0, 0.05) is 24.4 Å². The third-order valence-electron chi connectivity index (χ3n) is 5.79. The normalized spacial score (nSPS) is 23.3. The van der Waals surface area contributed by atoms with Crippen LogP contribution in [-0.2, 0) is 15.1 Å². The highest BCUT2D eigenvalue weighted by Gasteiger charge is 2.61. The Morgan fingerprint density at radius 3 is 2.43 bits per heavy atom. The van der Waals surface area contributed by atoms with Crippen LogP contribution in [0.25, 0.3) is 10.9 Å². The first-order chi connectivity index (χ1) is 14.0. The van der Waals surface area contributed by atoms with E-state index >= 15 is 0 Å². The van der Waals surface area contributed by atoms with Gasteiger partial charge in [-0.3, -0.25) is 4.79 Å². The van der Waals surface area contributed by atoms with Crippen molar-refractivity contribution in [2.75, 3.05) is 13.1 Å². The summed E-state index contributed by atoms with van der Waals surface area (Å²) >= 11 is 0. The third kappa shape index (κ3) is 3.70. The molecular formula is C22H27FN4O3. The number of amides is 2. The van der Waals surface area contributed by atoms with Gasteiger partial charge in [0.15, 0.2) is 0 Å². The van der Waals surface area contributed by atoms with Crippen molar-refractivity contribution in [1.29, 1.82) is 0 Å². The molecule has 30 heavy (non-hydrogen) atoms. The second kappa shape index (κ2) is 6.89. The number of likely N-dealkylation sites (tertiary alicyclic amines) is 1. The quantitative estimate of drug-likeness (QED) is 0.834. The van der Waals surface area contributed by atoms with Gasteiger partial charge in [0.05, 0.1) is 11.2 Å². The summed E-state index contributed by atoms with van der Waals surface area (Å²) in [7, 11) is 0. The largest absolute Gasteiger partial charge is 0.444 e. The van der Waals surface area contributed by atoms with Crippen LogP contribution in [0, 0.1) is 23.6 Å². The van der Waals surface area contributed by atoms with E-state index in [0.29, 0.717) is 24.2 Å². The average Bonchev–Trinajstić information content (AvgIpc) is 3.14. The Bertz CT molecular complexity index is 1010. The number of nitrogens with zero attached hydrogens (tertiary/aromatic N) is 3. The summed E-state index contributed by atoms with van der Waals surface area (Å²) in [6.07, 6.45) is 0.989. The Morgan fingerprint density at radius 2 is 1.80 bits per heavy atom. The van der Waals surface area contributed by atoms with E-state index in [1.165, 1.54) is 12.4 Å². The monoisotopic (exact) mass is 414 g/mol. The molecular weight excluding hydrogens is 387 g/mol. The van der Waals surface area contributed by atoms with Gasteiger partial charge in [-0.05, 0) is 52.5 Å². The number of hydrogen-bond donors (Lipinski definition) is 1. The first-order valence-electron chi connectivity index (χ1n) is 10.2. The van der Waals surface area contributed by atoms with Crippen molar-refractivity contribution in [3.05, 3.63) is 36.0 Å². The van der Waals surface area contributed by atoms with E-state index in [2.05, 4.69) is 15.3 Å². The molecule has 2 fully saturated rings. The van der Waals surface area contributed by atoms with Crippen LogP contribution in [0.15, 0.2) is 24.5 Å². The molecule has 2 heterocycles. The van der Waals surface area contributed by atoms with Gasteiger partial charge < -0.3 is 15.0 Å². The standard InChI is InChI=1S/C22H27FN4O3/c1-21(2,3)30-20(29)27-9-13-14(10-27)16(13)19(28)26-22(4,5)18-12-7-6-8-15(23)17(12)24-11-25-18/h6-8,11,13-14,16H,9-10H2,1-5H3,(H,26,28)/t13-,14+,16?. The topological polar surface area (TPSA) is 84.4 Å². The Morgan fingerprint density at radius 1 is 1.13 bits per heavy atom.